The molecule has 0 radical (unpaired) electrons. The number of hydrogen-bond donors (Lipinski definition) is 2. The molecule has 0 saturated carbocycles. The first-order valence-corrected chi connectivity index (χ1v) is 5.49. The number of ether oxygens (including phenoxy) is 1. The second-order valence-corrected chi connectivity index (χ2v) is 4.56. The van der Waals surface area contributed by atoms with Crippen molar-refractivity contribution >= 4 is 11.4 Å². The van der Waals surface area contributed by atoms with Gasteiger partial charge in [0.2, 0.25) is 0 Å². The summed E-state index contributed by atoms with van der Waals surface area (Å²) in [5.41, 5.74) is 3.89. The minimum atomic E-state index is 0.126. The third-order valence-electron chi connectivity index (χ3n) is 3.38. The van der Waals surface area contributed by atoms with E-state index in [1.54, 1.807) is 0 Å². The standard InChI is InChI=1S/C12H16N2O/c1-9-3-2-4-10-11(9)13-7-12(14-10)5-6-15-8-12/h2-4,13-14H,5-8H2,1H3. The quantitative estimate of drug-likeness (QED) is 0.678. The topological polar surface area (TPSA) is 33.3 Å². The van der Waals surface area contributed by atoms with Gasteiger partial charge in [0, 0.05) is 13.2 Å². The van der Waals surface area contributed by atoms with Crippen LogP contribution >= 0.6 is 0 Å². The molecule has 2 aliphatic rings. The number of hydrogen-bond acceptors (Lipinski definition) is 3. The summed E-state index contributed by atoms with van der Waals surface area (Å²) in [6, 6.07) is 6.36. The first kappa shape index (κ1) is 9.04. The van der Waals surface area contributed by atoms with Gasteiger partial charge in [-0.3, -0.25) is 0 Å². The van der Waals surface area contributed by atoms with Crippen LogP contribution in [0, 0.1) is 6.92 Å². The van der Waals surface area contributed by atoms with E-state index in [1.807, 2.05) is 0 Å². The summed E-state index contributed by atoms with van der Waals surface area (Å²) in [5, 5.41) is 7.15. The van der Waals surface area contributed by atoms with Gasteiger partial charge in [-0.2, -0.15) is 0 Å². The van der Waals surface area contributed by atoms with E-state index in [-0.39, 0.29) is 5.54 Å². The Morgan fingerprint density at radius 1 is 1.40 bits per heavy atom. The summed E-state index contributed by atoms with van der Waals surface area (Å²) in [4.78, 5) is 0. The molecule has 80 valence electrons. The lowest BCUT2D eigenvalue weighted by Gasteiger charge is -2.37. The van der Waals surface area contributed by atoms with E-state index in [0.717, 1.165) is 26.2 Å². The monoisotopic (exact) mass is 204 g/mol. The molecule has 1 unspecified atom stereocenters. The average molecular weight is 204 g/mol. The Balaban J connectivity index is 1.96. The molecule has 15 heavy (non-hydrogen) atoms. The molecule has 1 aromatic rings. The third kappa shape index (κ3) is 1.38. The van der Waals surface area contributed by atoms with E-state index >= 15 is 0 Å². The number of nitrogens with one attached hydrogen (secondary N) is 2. The van der Waals surface area contributed by atoms with Crippen LogP contribution in [-0.2, 0) is 4.74 Å². The van der Waals surface area contributed by atoms with Gasteiger partial charge in [0.15, 0.2) is 0 Å². The van der Waals surface area contributed by atoms with Crippen LogP contribution < -0.4 is 10.6 Å². The highest BCUT2D eigenvalue weighted by molar-refractivity contribution is 5.75. The number of aryl methyl sites for hydroxylation is 1. The van der Waals surface area contributed by atoms with Crippen LogP contribution in [0.15, 0.2) is 18.2 Å². The molecule has 1 fully saturated rings. The van der Waals surface area contributed by atoms with E-state index in [0.29, 0.717) is 0 Å². The predicted molar refractivity (Wildman–Crippen MR) is 61.5 cm³/mol. The Morgan fingerprint density at radius 3 is 3.13 bits per heavy atom. The summed E-state index contributed by atoms with van der Waals surface area (Å²) in [6.45, 7) is 4.78. The largest absolute Gasteiger partial charge is 0.381 e. The molecule has 1 aromatic carbocycles. The fourth-order valence-electron chi connectivity index (χ4n) is 2.44. The van der Waals surface area contributed by atoms with Crippen molar-refractivity contribution in [3.8, 4) is 0 Å². The van der Waals surface area contributed by atoms with Crippen LogP contribution in [-0.4, -0.2) is 25.3 Å². The molecule has 2 N–H and O–H groups in total. The van der Waals surface area contributed by atoms with Crippen molar-refractivity contribution in [3.63, 3.8) is 0 Å². The minimum Gasteiger partial charge on any atom is -0.381 e. The number of rotatable bonds is 0. The normalized spacial score (nSPS) is 28.3. The average Bonchev–Trinajstić information content (AvgIpc) is 2.66. The van der Waals surface area contributed by atoms with Crippen LogP contribution in [0.2, 0.25) is 0 Å². The summed E-state index contributed by atoms with van der Waals surface area (Å²) in [7, 11) is 0. The Hall–Kier alpha value is -1.22. The van der Waals surface area contributed by atoms with Crippen LogP contribution in [0.1, 0.15) is 12.0 Å². The van der Waals surface area contributed by atoms with Crippen LogP contribution in [0.3, 0.4) is 0 Å². The summed E-state index contributed by atoms with van der Waals surface area (Å²) >= 11 is 0. The van der Waals surface area contributed by atoms with E-state index in [1.165, 1.54) is 16.9 Å². The molecule has 0 aromatic heterocycles. The predicted octanol–water partition coefficient (Wildman–Crippen LogP) is 1.99. The summed E-state index contributed by atoms with van der Waals surface area (Å²) in [6.07, 6.45) is 1.09. The SMILES string of the molecule is Cc1cccc2c1NCC1(CCOC1)N2. The highest BCUT2D eigenvalue weighted by Gasteiger charge is 2.37. The molecule has 3 heteroatoms. The maximum Gasteiger partial charge on any atom is 0.0801 e. The lowest BCUT2D eigenvalue weighted by Crippen LogP contribution is -2.48. The van der Waals surface area contributed by atoms with Crippen molar-refractivity contribution in [2.45, 2.75) is 18.9 Å². The summed E-state index contributed by atoms with van der Waals surface area (Å²) in [5.74, 6) is 0. The number of para-hydroxylation sites is 1. The van der Waals surface area contributed by atoms with Crippen LogP contribution in [0.5, 0.6) is 0 Å². The second kappa shape index (κ2) is 3.14. The maximum atomic E-state index is 5.48. The van der Waals surface area contributed by atoms with Gasteiger partial charge in [-0.05, 0) is 25.0 Å². The minimum absolute atomic E-state index is 0.126. The molecular weight excluding hydrogens is 188 g/mol. The number of benzene rings is 1. The van der Waals surface area contributed by atoms with Crippen molar-refractivity contribution in [1.82, 2.24) is 0 Å². The van der Waals surface area contributed by atoms with Crippen LogP contribution in [0.25, 0.3) is 0 Å². The zero-order chi connectivity index (χ0) is 10.3. The van der Waals surface area contributed by atoms with Gasteiger partial charge >= 0.3 is 0 Å². The lowest BCUT2D eigenvalue weighted by molar-refractivity contribution is 0.184. The second-order valence-electron chi connectivity index (χ2n) is 4.56. The Labute approximate surface area is 89.8 Å². The maximum absolute atomic E-state index is 5.48. The van der Waals surface area contributed by atoms with Gasteiger partial charge in [-0.25, -0.2) is 0 Å². The van der Waals surface area contributed by atoms with Crippen molar-refractivity contribution in [2.24, 2.45) is 0 Å². The molecule has 0 amide bonds. The molecule has 1 spiro atoms. The van der Waals surface area contributed by atoms with Gasteiger partial charge < -0.3 is 15.4 Å². The summed E-state index contributed by atoms with van der Waals surface area (Å²) < 4.78 is 5.48. The fraction of sp³-hybridized carbons (Fsp3) is 0.500. The Morgan fingerprint density at radius 2 is 2.33 bits per heavy atom. The molecule has 3 rings (SSSR count). The van der Waals surface area contributed by atoms with E-state index in [9.17, 15) is 0 Å². The van der Waals surface area contributed by atoms with Gasteiger partial charge in [0.1, 0.15) is 0 Å². The lowest BCUT2D eigenvalue weighted by atomic mass is 9.94. The Bertz CT molecular complexity index is 383. The number of fused-ring (bicyclic) bond motifs is 1. The molecule has 2 heterocycles. The smallest absolute Gasteiger partial charge is 0.0801 e. The van der Waals surface area contributed by atoms with Gasteiger partial charge in [-0.15, -0.1) is 0 Å². The molecule has 2 aliphatic heterocycles. The van der Waals surface area contributed by atoms with E-state index < -0.39 is 0 Å². The van der Waals surface area contributed by atoms with Crippen molar-refractivity contribution < 1.29 is 4.74 Å². The molecule has 1 saturated heterocycles. The van der Waals surface area contributed by atoms with Gasteiger partial charge in [0.05, 0.1) is 23.5 Å². The zero-order valence-corrected chi connectivity index (χ0v) is 8.97. The molecular formula is C12H16N2O. The molecule has 1 atom stereocenters. The van der Waals surface area contributed by atoms with Gasteiger partial charge in [0.25, 0.3) is 0 Å². The van der Waals surface area contributed by atoms with Crippen molar-refractivity contribution in [2.75, 3.05) is 30.4 Å². The Kier molecular flexibility index (Phi) is 1.89. The first-order chi connectivity index (χ1) is 7.29. The highest BCUT2D eigenvalue weighted by Crippen LogP contribution is 2.35. The molecule has 3 nitrogen and oxygen atoms in total. The van der Waals surface area contributed by atoms with Crippen molar-refractivity contribution in [1.29, 1.82) is 0 Å². The zero-order valence-electron chi connectivity index (χ0n) is 8.97. The first-order valence-electron chi connectivity index (χ1n) is 5.49. The van der Waals surface area contributed by atoms with Crippen LogP contribution in [0.4, 0.5) is 11.4 Å². The highest BCUT2D eigenvalue weighted by atomic mass is 16.5. The van der Waals surface area contributed by atoms with Crippen molar-refractivity contribution in [3.05, 3.63) is 23.8 Å². The van der Waals surface area contributed by atoms with E-state index in [2.05, 4.69) is 35.8 Å². The molecule has 0 aliphatic carbocycles. The third-order valence-corrected chi connectivity index (χ3v) is 3.38. The molecule has 0 bridgehead atoms. The fourth-order valence-corrected chi connectivity index (χ4v) is 2.44. The van der Waals surface area contributed by atoms with Gasteiger partial charge in [-0.1, -0.05) is 12.1 Å². The number of anilines is 2. The van der Waals surface area contributed by atoms with E-state index in [4.69, 9.17) is 4.74 Å².